The van der Waals surface area contributed by atoms with Gasteiger partial charge in [-0.15, -0.1) is 0 Å². The summed E-state index contributed by atoms with van der Waals surface area (Å²) in [5.41, 5.74) is 1.06. The normalized spacial score (nSPS) is 14.1. The Morgan fingerprint density at radius 3 is 2.59 bits per heavy atom. The number of alkyl halides is 2. The zero-order chi connectivity index (χ0) is 19.8. The fourth-order valence-electron chi connectivity index (χ4n) is 2.91. The largest absolute Gasteiger partial charge is 0.478 e. The predicted octanol–water partition coefficient (Wildman–Crippen LogP) is 3.78. The Balaban J connectivity index is 1.99. The standard InChI is InChI=1S/C17H14ClF2NO5S/c18-13-9-12(4-6-15(13)26-17(19)20)27(24,25)21-7-1-2-10-8-11(16(22)23)3-5-14(10)21/h3-6,8-9,17H,1-2,7H2,(H,22,23). The summed E-state index contributed by atoms with van der Waals surface area (Å²) in [6, 6.07) is 7.49. The van der Waals surface area contributed by atoms with Gasteiger partial charge in [-0.2, -0.15) is 8.78 Å². The number of carbonyl (C=O) groups is 1. The van der Waals surface area contributed by atoms with Crippen LogP contribution in [0.25, 0.3) is 0 Å². The number of ether oxygens (including phenoxy) is 1. The molecule has 1 N–H and O–H groups in total. The number of carboxylic acids is 1. The average molecular weight is 418 g/mol. The van der Waals surface area contributed by atoms with Gasteiger partial charge in [0.05, 0.1) is 21.2 Å². The van der Waals surface area contributed by atoms with E-state index in [1.165, 1.54) is 18.2 Å². The molecule has 27 heavy (non-hydrogen) atoms. The number of fused-ring (bicyclic) bond motifs is 1. The summed E-state index contributed by atoms with van der Waals surface area (Å²) in [4.78, 5) is 10.9. The minimum absolute atomic E-state index is 0.0737. The molecule has 0 unspecified atom stereocenters. The van der Waals surface area contributed by atoms with E-state index in [1.807, 2.05) is 0 Å². The average Bonchev–Trinajstić information content (AvgIpc) is 2.61. The molecule has 0 aliphatic carbocycles. The van der Waals surface area contributed by atoms with Crippen molar-refractivity contribution in [2.75, 3.05) is 10.8 Å². The van der Waals surface area contributed by atoms with Gasteiger partial charge in [-0.3, -0.25) is 4.31 Å². The number of anilines is 1. The fourth-order valence-corrected chi connectivity index (χ4v) is 4.76. The number of benzene rings is 2. The zero-order valence-electron chi connectivity index (χ0n) is 13.7. The maximum absolute atomic E-state index is 13.0. The summed E-state index contributed by atoms with van der Waals surface area (Å²) in [5, 5.41) is 8.84. The van der Waals surface area contributed by atoms with Crippen molar-refractivity contribution in [1.29, 1.82) is 0 Å². The Kier molecular flexibility index (Phi) is 5.25. The third kappa shape index (κ3) is 3.84. The first-order valence-electron chi connectivity index (χ1n) is 7.83. The number of rotatable bonds is 5. The third-order valence-electron chi connectivity index (χ3n) is 4.11. The number of aryl methyl sites for hydroxylation is 1. The molecule has 0 amide bonds. The highest BCUT2D eigenvalue weighted by Crippen LogP contribution is 2.35. The van der Waals surface area contributed by atoms with Crippen molar-refractivity contribution in [2.24, 2.45) is 0 Å². The number of nitrogens with zero attached hydrogens (tertiary/aromatic N) is 1. The van der Waals surface area contributed by atoms with Crippen molar-refractivity contribution in [1.82, 2.24) is 0 Å². The van der Waals surface area contributed by atoms with Gasteiger partial charge in [0.2, 0.25) is 0 Å². The molecule has 1 aliphatic rings. The molecule has 0 radical (unpaired) electrons. The Bertz CT molecular complexity index is 997. The number of carboxylic acid groups (broad SMARTS) is 1. The minimum Gasteiger partial charge on any atom is -0.478 e. The lowest BCUT2D eigenvalue weighted by Gasteiger charge is -2.30. The fraction of sp³-hybridized carbons (Fsp3) is 0.235. The first kappa shape index (κ1) is 19.4. The monoisotopic (exact) mass is 417 g/mol. The number of sulfonamides is 1. The highest BCUT2D eigenvalue weighted by atomic mass is 35.5. The van der Waals surface area contributed by atoms with Gasteiger partial charge in [-0.25, -0.2) is 13.2 Å². The van der Waals surface area contributed by atoms with Crippen LogP contribution in [0.5, 0.6) is 5.75 Å². The lowest BCUT2D eigenvalue weighted by Crippen LogP contribution is -2.35. The second-order valence-electron chi connectivity index (χ2n) is 5.80. The summed E-state index contributed by atoms with van der Waals surface area (Å²) < 4.78 is 56.1. The number of hydrogen-bond acceptors (Lipinski definition) is 4. The molecule has 0 saturated carbocycles. The number of halogens is 3. The van der Waals surface area contributed by atoms with Crippen LogP contribution in [0.1, 0.15) is 22.3 Å². The second-order valence-corrected chi connectivity index (χ2v) is 8.07. The SMILES string of the molecule is O=C(O)c1ccc2c(c1)CCCN2S(=O)(=O)c1ccc(OC(F)F)c(Cl)c1. The zero-order valence-corrected chi connectivity index (χ0v) is 15.3. The first-order valence-corrected chi connectivity index (χ1v) is 9.65. The van der Waals surface area contributed by atoms with E-state index in [0.717, 1.165) is 22.5 Å². The molecule has 0 fully saturated rings. The van der Waals surface area contributed by atoms with Crippen LogP contribution in [0.3, 0.4) is 0 Å². The molecule has 10 heteroatoms. The van der Waals surface area contributed by atoms with Crippen LogP contribution in [0, 0.1) is 0 Å². The van der Waals surface area contributed by atoms with E-state index in [2.05, 4.69) is 4.74 Å². The van der Waals surface area contributed by atoms with E-state index in [-0.39, 0.29) is 27.8 Å². The van der Waals surface area contributed by atoms with E-state index in [1.54, 1.807) is 0 Å². The molecular formula is C17H14ClF2NO5S. The van der Waals surface area contributed by atoms with Crippen LogP contribution in [0.2, 0.25) is 5.02 Å². The van der Waals surface area contributed by atoms with Crippen molar-refractivity contribution in [2.45, 2.75) is 24.3 Å². The summed E-state index contributed by atoms with van der Waals surface area (Å²) in [5.74, 6) is -1.42. The van der Waals surface area contributed by atoms with E-state index in [0.29, 0.717) is 24.1 Å². The van der Waals surface area contributed by atoms with E-state index >= 15 is 0 Å². The van der Waals surface area contributed by atoms with Crippen molar-refractivity contribution >= 4 is 33.3 Å². The highest BCUT2D eigenvalue weighted by molar-refractivity contribution is 7.92. The van der Waals surface area contributed by atoms with Gasteiger partial charge in [0.15, 0.2) is 0 Å². The molecular weight excluding hydrogens is 404 g/mol. The Morgan fingerprint density at radius 1 is 1.22 bits per heavy atom. The van der Waals surface area contributed by atoms with E-state index in [4.69, 9.17) is 16.7 Å². The van der Waals surface area contributed by atoms with Crippen LogP contribution >= 0.6 is 11.6 Å². The van der Waals surface area contributed by atoms with Crippen molar-refractivity contribution < 1.29 is 31.8 Å². The molecule has 0 aromatic heterocycles. The van der Waals surface area contributed by atoms with Crippen molar-refractivity contribution in [3.05, 3.63) is 52.5 Å². The van der Waals surface area contributed by atoms with Gasteiger partial charge in [0.25, 0.3) is 10.0 Å². The summed E-state index contributed by atoms with van der Waals surface area (Å²) in [6.07, 6.45) is 1.06. The smallest absolute Gasteiger partial charge is 0.387 e. The molecule has 3 rings (SSSR count). The van der Waals surface area contributed by atoms with Crippen LogP contribution in [-0.2, 0) is 16.4 Å². The van der Waals surface area contributed by atoms with Crippen LogP contribution < -0.4 is 9.04 Å². The molecule has 2 aromatic carbocycles. The summed E-state index contributed by atoms with van der Waals surface area (Å²) >= 11 is 5.87. The molecule has 1 heterocycles. The summed E-state index contributed by atoms with van der Waals surface area (Å²) in [7, 11) is -4.02. The third-order valence-corrected chi connectivity index (χ3v) is 6.21. The van der Waals surface area contributed by atoms with Crippen molar-refractivity contribution in [3.8, 4) is 5.75 Å². The molecule has 0 bridgehead atoms. The maximum Gasteiger partial charge on any atom is 0.387 e. The second kappa shape index (κ2) is 7.32. The Morgan fingerprint density at radius 2 is 1.96 bits per heavy atom. The molecule has 6 nitrogen and oxygen atoms in total. The lowest BCUT2D eigenvalue weighted by molar-refractivity contribution is -0.0498. The van der Waals surface area contributed by atoms with Crippen LogP contribution in [0.15, 0.2) is 41.3 Å². The Labute approximate surface area is 159 Å². The first-order chi connectivity index (χ1) is 12.7. The van der Waals surface area contributed by atoms with E-state index in [9.17, 15) is 22.0 Å². The maximum atomic E-state index is 13.0. The predicted molar refractivity (Wildman–Crippen MR) is 94.3 cm³/mol. The minimum atomic E-state index is -4.02. The lowest BCUT2D eigenvalue weighted by atomic mass is 10.0. The molecule has 2 aromatic rings. The van der Waals surface area contributed by atoms with Crippen LogP contribution in [0.4, 0.5) is 14.5 Å². The Hall–Kier alpha value is -2.39. The van der Waals surface area contributed by atoms with E-state index < -0.39 is 22.6 Å². The van der Waals surface area contributed by atoms with Gasteiger partial charge < -0.3 is 9.84 Å². The number of hydrogen-bond donors (Lipinski definition) is 1. The molecule has 0 atom stereocenters. The van der Waals surface area contributed by atoms with Gasteiger partial charge in [0, 0.05) is 6.54 Å². The van der Waals surface area contributed by atoms with Gasteiger partial charge >= 0.3 is 12.6 Å². The van der Waals surface area contributed by atoms with Crippen molar-refractivity contribution in [3.63, 3.8) is 0 Å². The summed E-state index contributed by atoms with van der Waals surface area (Å²) in [6.45, 7) is -2.88. The highest BCUT2D eigenvalue weighted by Gasteiger charge is 2.30. The number of aromatic carboxylic acids is 1. The van der Waals surface area contributed by atoms with Gasteiger partial charge in [-0.1, -0.05) is 11.6 Å². The molecule has 0 saturated heterocycles. The molecule has 0 spiro atoms. The van der Waals surface area contributed by atoms with Crippen LogP contribution in [-0.4, -0.2) is 32.6 Å². The molecule has 1 aliphatic heterocycles. The molecule has 144 valence electrons. The topological polar surface area (TPSA) is 83.9 Å². The van der Waals surface area contributed by atoms with Gasteiger partial charge in [-0.05, 0) is 54.8 Å². The quantitative estimate of drug-likeness (QED) is 0.800. The van der Waals surface area contributed by atoms with Gasteiger partial charge in [0.1, 0.15) is 5.75 Å².